The first-order valence-corrected chi connectivity index (χ1v) is 7.67. The summed E-state index contributed by atoms with van der Waals surface area (Å²) in [5.41, 5.74) is 0. The van der Waals surface area contributed by atoms with Crippen molar-refractivity contribution in [2.24, 2.45) is 0 Å². The molecule has 102 valence electrons. The van der Waals surface area contributed by atoms with Crippen LogP contribution in [0.3, 0.4) is 0 Å². The fourth-order valence-electron chi connectivity index (χ4n) is 1.96. The van der Waals surface area contributed by atoms with Crippen molar-refractivity contribution in [3.8, 4) is 5.75 Å². The van der Waals surface area contributed by atoms with Crippen molar-refractivity contribution in [1.29, 1.82) is 0 Å². The molecule has 0 saturated heterocycles. The monoisotopic (exact) mass is 276 g/mol. The normalized spacial score (nSPS) is 12.4. The Hall–Kier alpha value is -1.42. The molecule has 1 aromatic carbocycles. The van der Waals surface area contributed by atoms with Crippen LogP contribution in [0.5, 0.6) is 5.75 Å². The second kappa shape index (κ2) is 6.66. The lowest BCUT2D eigenvalue weighted by Gasteiger charge is -2.15. The van der Waals surface area contributed by atoms with E-state index in [1.165, 1.54) is 5.39 Å². The number of methoxy groups -OCH3 is 1. The number of thioether (sulfide) groups is 1. The number of anilines is 1. The molecule has 0 saturated carbocycles. The van der Waals surface area contributed by atoms with Crippen LogP contribution in [-0.4, -0.2) is 29.6 Å². The number of hydrogen-bond acceptors (Lipinski definition) is 4. The number of hydrogen-bond donors (Lipinski definition) is 1. The van der Waals surface area contributed by atoms with Crippen molar-refractivity contribution in [3.63, 3.8) is 0 Å². The smallest absolute Gasteiger partial charge is 0.134 e. The standard InChI is InChI=1S/C15H20N2OS/c1-4-19-10-11(2)17-15-14-9-13(18-3)6-5-12(14)7-8-16-15/h5-9,11H,4,10H2,1-3H3,(H,16,17). The van der Waals surface area contributed by atoms with Crippen LogP contribution >= 0.6 is 11.8 Å². The molecular formula is C15H20N2OS. The Morgan fingerprint density at radius 3 is 2.95 bits per heavy atom. The maximum absolute atomic E-state index is 5.29. The maximum atomic E-state index is 5.29. The molecule has 4 heteroatoms. The van der Waals surface area contributed by atoms with E-state index < -0.39 is 0 Å². The van der Waals surface area contributed by atoms with E-state index in [0.717, 1.165) is 28.5 Å². The zero-order valence-corrected chi connectivity index (χ0v) is 12.5. The van der Waals surface area contributed by atoms with E-state index in [2.05, 4.69) is 30.2 Å². The molecule has 0 radical (unpaired) electrons. The van der Waals surface area contributed by atoms with Gasteiger partial charge >= 0.3 is 0 Å². The summed E-state index contributed by atoms with van der Waals surface area (Å²) in [5.74, 6) is 4.01. The topological polar surface area (TPSA) is 34.2 Å². The van der Waals surface area contributed by atoms with E-state index in [9.17, 15) is 0 Å². The van der Waals surface area contributed by atoms with Gasteiger partial charge in [-0.25, -0.2) is 4.98 Å². The lowest BCUT2D eigenvalue weighted by molar-refractivity contribution is 0.415. The van der Waals surface area contributed by atoms with Crippen molar-refractivity contribution < 1.29 is 4.74 Å². The van der Waals surface area contributed by atoms with Crippen LogP contribution < -0.4 is 10.1 Å². The van der Waals surface area contributed by atoms with E-state index in [4.69, 9.17) is 4.74 Å². The van der Waals surface area contributed by atoms with E-state index in [0.29, 0.717) is 6.04 Å². The number of nitrogens with zero attached hydrogens (tertiary/aromatic N) is 1. The van der Waals surface area contributed by atoms with Gasteiger partial charge in [0, 0.05) is 23.4 Å². The largest absolute Gasteiger partial charge is 0.497 e. The van der Waals surface area contributed by atoms with Crippen molar-refractivity contribution in [2.45, 2.75) is 19.9 Å². The first-order chi connectivity index (χ1) is 9.24. The average Bonchev–Trinajstić information content (AvgIpc) is 2.45. The Labute approximate surface area is 118 Å². The molecule has 19 heavy (non-hydrogen) atoms. The fourth-order valence-corrected chi connectivity index (χ4v) is 2.63. The van der Waals surface area contributed by atoms with Gasteiger partial charge in [0.15, 0.2) is 0 Å². The number of pyridine rings is 1. The molecule has 3 nitrogen and oxygen atoms in total. The van der Waals surface area contributed by atoms with E-state index in [1.54, 1.807) is 7.11 Å². The van der Waals surface area contributed by atoms with Gasteiger partial charge in [-0.1, -0.05) is 13.0 Å². The quantitative estimate of drug-likeness (QED) is 0.870. The molecule has 1 heterocycles. The number of ether oxygens (including phenoxy) is 1. The molecule has 2 rings (SSSR count). The third-order valence-electron chi connectivity index (χ3n) is 2.93. The highest BCUT2D eigenvalue weighted by Crippen LogP contribution is 2.26. The first kappa shape index (κ1) is 14.0. The second-order valence-electron chi connectivity index (χ2n) is 4.45. The lowest BCUT2D eigenvalue weighted by Crippen LogP contribution is -2.19. The molecule has 1 aromatic heterocycles. The maximum Gasteiger partial charge on any atom is 0.134 e. The van der Waals surface area contributed by atoms with Gasteiger partial charge in [0.05, 0.1) is 7.11 Å². The summed E-state index contributed by atoms with van der Waals surface area (Å²) in [6.07, 6.45) is 1.84. The van der Waals surface area contributed by atoms with Crippen LogP contribution in [0.2, 0.25) is 0 Å². The summed E-state index contributed by atoms with van der Waals surface area (Å²) >= 11 is 1.93. The molecule has 2 aromatic rings. The summed E-state index contributed by atoms with van der Waals surface area (Å²) in [5, 5.41) is 5.76. The van der Waals surface area contributed by atoms with Crippen LogP contribution in [0.4, 0.5) is 5.82 Å². The van der Waals surface area contributed by atoms with Crippen molar-refractivity contribution in [2.75, 3.05) is 23.9 Å². The van der Waals surface area contributed by atoms with Gasteiger partial charge in [0.25, 0.3) is 0 Å². The first-order valence-electron chi connectivity index (χ1n) is 6.51. The van der Waals surface area contributed by atoms with Crippen molar-refractivity contribution >= 4 is 28.4 Å². The zero-order chi connectivity index (χ0) is 13.7. The molecule has 0 aliphatic rings. The summed E-state index contributed by atoms with van der Waals surface area (Å²) in [4.78, 5) is 4.45. The third-order valence-corrected chi connectivity index (χ3v) is 4.07. The highest BCUT2D eigenvalue weighted by Gasteiger charge is 2.07. The van der Waals surface area contributed by atoms with Gasteiger partial charge in [-0.2, -0.15) is 11.8 Å². The Bertz CT molecular complexity index is 545. The van der Waals surface area contributed by atoms with Crippen molar-refractivity contribution in [1.82, 2.24) is 4.98 Å². The van der Waals surface area contributed by atoms with E-state index in [-0.39, 0.29) is 0 Å². The average molecular weight is 276 g/mol. The van der Waals surface area contributed by atoms with Gasteiger partial charge in [0.2, 0.25) is 0 Å². The second-order valence-corrected chi connectivity index (χ2v) is 5.77. The Morgan fingerprint density at radius 2 is 2.21 bits per heavy atom. The Balaban J connectivity index is 2.26. The van der Waals surface area contributed by atoms with Gasteiger partial charge in [-0.3, -0.25) is 0 Å². The summed E-state index contributed by atoms with van der Waals surface area (Å²) in [7, 11) is 1.69. The van der Waals surface area contributed by atoms with Crippen LogP contribution in [-0.2, 0) is 0 Å². The molecule has 0 fully saturated rings. The summed E-state index contributed by atoms with van der Waals surface area (Å²) < 4.78 is 5.29. The van der Waals surface area contributed by atoms with Crippen LogP contribution in [0.25, 0.3) is 10.8 Å². The summed E-state index contributed by atoms with van der Waals surface area (Å²) in [6.45, 7) is 4.36. The highest BCUT2D eigenvalue weighted by atomic mass is 32.2. The minimum absolute atomic E-state index is 0.397. The van der Waals surface area contributed by atoms with Gasteiger partial charge in [-0.15, -0.1) is 0 Å². The van der Waals surface area contributed by atoms with Gasteiger partial charge in [0.1, 0.15) is 11.6 Å². The van der Waals surface area contributed by atoms with Crippen LogP contribution in [0, 0.1) is 0 Å². The molecule has 0 aliphatic heterocycles. The fraction of sp³-hybridized carbons (Fsp3) is 0.400. The molecule has 0 bridgehead atoms. The lowest BCUT2D eigenvalue weighted by atomic mass is 10.1. The Kier molecular flexibility index (Phi) is 4.91. The van der Waals surface area contributed by atoms with E-state index in [1.807, 2.05) is 36.2 Å². The Morgan fingerprint density at radius 1 is 1.37 bits per heavy atom. The summed E-state index contributed by atoms with van der Waals surface area (Å²) in [6, 6.07) is 8.49. The number of nitrogens with one attached hydrogen (secondary N) is 1. The van der Waals surface area contributed by atoms with E-state index >= 15 is 0 Å². The number of aromatic nitrogens is 1. The SMILES string of the molecule is CCSCC(C)Nc1nccc2ccc(OC)cc12. The van der Waals surface area contributed by atoms with Gasteiger partial charge in [-0.05, 0) is 36.3 Å². The zero-order valence-electron chi connectivity index (χ0n) is 11.6. The number of benzene rings is 1. The molecular weight excluding hydrogens is 256 g/mol. The molecule has 0 amide bonds. The molecule has 0 aliphatic carbocycles. The predicted molar refractivity (Wildman–Crippen MR) is 84.4 cm³/mol. The highest BCUT2D eigenvalue weighted by molar-refractivity contribution is 7.99. The van der Waals surface area contributed by atoms with Crippen LogP contribution in [0.1, 0.15) is 13.8 Å². The van der Waals surface area contributed by atoms with Crippen molar-refractivity contribution in [3.05, 3.63) is 30.5 Å². The number of fused-ring (bicyclic) bond motifs is 1. The molecule has 0 spiro atoms. The predicted octanol–water partition coefficient (Wildman–Crippen LogP) is 3.80. The number of rotatable bonds is 6. The molecule has 1 N–H and O–H groups in total. The molecule has 1 unspecified atom stereocenters. The minimum atomic E-state index is 0.397. The minimum Gasteiger partial charge on any atom is -0.497 e. The third kappa shape index (κ3) is 3.53. The van der Waals surface area contributed by atoms with Gasteiger partial charge < -0.3 is 10.1 Å². The molecule has 1 atom stereocenters. The van der Waals surface area contributed by atoms with Crippen LogP contribution in [0.15, 0.2) is 30.5 Å².